The van der Waals surface area contributed by atoms with Crippen molar-refractivity contribution in [2.45, 2.75) is 31.5 Å². The van der Waals surface area contributed by atoms with E-state index in [1.54, 1.807) is 35.4 Å². The molecule has 5 rings (SSSR count). The van der Waals surface area contributed by atoms with Gasteiger partial charge in [0.25, 0.3) is 0 Å². The van der Waals surface area contributed by atoms with E-state index in [4.69, 9.17) is 14.2 Å². The van der Waals surface area contributed by atoms with Gasteiger partial charge >= 0.3 is 6.18 Å². The number of nitriles is 1. The van der Waals surface area contributed by atoms with Crippen LogP contribution in [0.25, 0.3) is 11.3 Å². The fourth-order valence-electron chi connectivity index (χ4n) is 4.68. The van der Waals surface area contributed by atoms with E-state index in [0.29, 0.717) is 73.5 Å². The van der Waals surface area contributed by atoms with Crippen molar-refractivity contribution in [3.63, 3.8) is 0 Å². The van der Waals surface area contributed by atoms with Crippen molar-refractivity contribution in [1.82, 2.24) is 9.97 Å². The molecule has 2 saturated heterocycles. The molecule has 3 heterocycles. The minimum Gasteiger partial charge on any atom is -0.489 e. The summed E-state index contributed by atoms with van der Waals surface area (Å²) in [6.45, 7) is 2.89. The summed E-state index contributed by atoms with van der Waals surface area (Å²) >= 11 is 0. The van der Waals surface area contributed by atoms with Crippen molar-refractivity contribution in [1.29, 1.82) is 5.26 Å². The fourth-order valence-corrected chi connectivity index (χ4v) is 4.68. The van der Waals surface area contributed by atoms with Crippen LogP contribution in [0.3, 0.4) is 0 Å². The first-order valence-electron chi connectivity index (χ1n) is 12.5. The maximum absolute atomic E-state index is 13.9. The second-order valence-corrected chi connectivity index (χ2v) is 9.24. The van der Waals surface area contributed by atoms with Crippen molar-refractivity contribution in [2.75, 3.05) is 44.4 Å². The number of hydrogen-bond acceptors (Lipinski definition) is 7. The van der Waals surface area contributed by atoms with Crippen LogP contribution in [0.15, 0.2) is 48.7 Å². The summed E-state index contributed by atoms with van der Waals surface area (Å²) in [5.41, 5.74) is 1.61. The number of rotatable bonds is 6. The molecule has 0 aliphatic carbocycles. The Kier molecular flexibility index (Phi) is 7.77. The maximum Gasteiger partial charge on any atom is 0.418 e. The fraction of sp³-hybridized carbons (Fsp3) is 0.393. The molecule has 7 nitrogen and oxygen atoms in total. The Hall–Kier alpha value is -3.68. The molecule has 3 aromatic rings. The van der Waals surface area contributed by atoms with E-state index in [9.17, 15) is 18.4 Å². The van der Waals surface area contributed by atoms with E-state index in [2.05, 4.69) is 16.0 Å². The van der Waals surface area contributed by atoms with Crippen LogP contribution in [-0.4, -0.2) is 55.6 Å². The molecule has 2 aromatic carbocycles. The molecule has 2 aliphatic rings. The highest BCUT2D eigenvalue weighted by molar-refractivity contribution is 5.64. The molecule has 0 atom stereocenters. The maximum atomic E-state index is 13.9. The highest BCUT2D eigenvalue weighted by atomic mass is 19.4. The van der Waals surface area contributed by atoms with Crippen LogP contribution in [0.5, 0.6) is 5.75 Å². The van der Waals surface area contributed by atoms with Crippen LogP contribution < -0.4 is 9.64 Å². The molecule has 0 saturated carbocycles. The lowest BCUT2D eigenvalue weighted by Gasteiger charge is -2.31. The molecular weight excluding hydrogens is 497 g/mol. The topological polar surface area (TPSA) is 80.5 Å². The van der Waals surface area contributed by atoms with Gasteiger partial charge in [-0.3, -0.25) is 0 Å². The Morgan fingerprint density at radius 3 is 2.50 bits per heavy atom. The smallest absolute Gasteiger partial charge is 0.418 e. The summed E-state index contributed by atoms with van der Waals surface area (Å²) in [6, 6.07) is 13.6. The number of hydrogen-bond donors (Lipinski definition) is 0. The zero-order chi connectivity index (χ0) is 26.5. The zero-order valence-electron chi connectivity index (χ0n) is 20.7. The van der Waals surface area contributed by atoms with E-state index in [-0.39, 0.29) is 18.2 Å². The lowest BCUT2D eigenvalue weighted by Crippen LogP contribution is -2.37. The lowest BCUT2D eigenvalue weighted by molar-refractivity contribution is -0.137. The number of ether oxygens (including phenoxy) is 3. The van der Waals surface area contributed by atoms with E-state index < -0.39 is 11.7 Å². The van der Waals surface area contributed by atoms with Gasteiger partial charge in [-0.15, -0.1) is 0 Å². The summed E-state index contributed by atoms with van der Waals surface area (Å²) in [6.07, 6.45) is -1.24. The molecule has 0 bridgehead atoms. The molecule has 1 aromatic heterocycles. The molecule has 0 spiro atoms. The molecule has 10 heteroatoms. The van der Waals surface area contributed by atoms with Gasteiger partial charge in [0.15, 0.2) is 0 Å². The Labute approximate surface area is 218 Å². The molecule has 2 aliphatic heterocycles. The third-order valence-corrected chi connectivity index (χ3v) is 6.64. The van der Waals surface area contributed by atoms with Crippen LogP contribution in [-0.2, 0) is 22.1 Å². The number of anilines is 1. The molecular formula is C28H27F3N4O3. The van der Waals surface area contributed by atoms with E-state index in [1.807, 2.05) is 6.07 Å². The second-order valence-electron chi connectivity index (χ2n) is 9.24. The molecule has 38 heavy (non-hydrogen) atoms. The number of benzene rings is 2. The van der Waals surface area contributed by atoms with Gasteiger partial charge in [0.1, 0.15) is 23.7 Å². The van der Waals surface area contributed by atoms with Crippen LogP contribution in [0.1, 0.15) is 35.4 Å². The van der Waals surface area contributed by atoms with E-state index in [0.717, 1.165) is 12.8 Å². The van der Waals surface area contributed by atoms with Gasteiger partial charge in [0.2, 0.25) is 0 Å². The predicted octanol–water partition coefficient (Wildman–Crippen LogP) is 5.02. The average molecular weight is 525 g/mol. The van der Waals surface area contributed by atoms with Crippen molar-refractivity contribution in [3.05, 3.63) is 71.2 Å². The van der Waals surface area contributed by atoms with Gasteiger partial charge in [0, 0.05) is 49.8 Å². The zero-order valence-corrected chi connectivity index (χ0v) is 20.7. The third kappa shape index (κ3) is 6.06. The molecule has 2 fully saturated rings. The third-order valence-electron chi connectivity index (χ3n) is 6.64. The molecule has 0 N–H and O–H groups in total. The first-order chi connectivity index (χ1) is 18.4. The van der Waals surface area contributed by atoms with Gasteiger partial charge in [-0.1, -0.05) is 6.07 Å². The van der Waals surface area contributed by atoms with Crippen LogP contribution in [0, 0.1) is 11.3 Å². The minimum absolute atomic E-state index is 0.00331. The summed E-state index contributed by atoms with van der Waals surface area (Å²) in [4.78, 5) is 10.6. The first-order valence-corrected chi connectivity index (χ1v) is 12.5. The SMILES string of the molecule is N#Cc1cc(-c2ccnc(Cc3ccc(N4CCOCC4)c(C(F)(F)F)c3)n2)ccc1OC1CCOCC1. The van der Waals surface area contributed by atoms with Crippen molar-refractivity contribution in [2.24, 2.45) is 0 Å². The predicted molar refractivity (Wildman–Crippen MR) is 134 cm³/mol. The summed E-state index contributed by atoms with van der Waals surface area (Å²) in [5, 5.41) is 9.69. The largest absolute Gasteiger partial charge is 0.489 e. The number of halogens is 3. The quantitative estimate of drug-likeness (QED) is 0.448. The molecule has 0 amide bonds. The Balaban J connectivity index is 1.37. The van der Waals surface area contributed by atoms with E-state index in [1.165, 1.54) is 12.1 Å². The summed E-state index contributed by atoms with van der Waals surface area (Å²) < 4.78 is 58.5. The monoisotopic (exact) mass is 524 g/mol. The Bertz CT molecular complexity index is 1310. The van der Waals surface area contributed by atoms with Crippen LogP contribution in [0.2, 0.25) is 0 Å². The average Bonchev–Trinajstić information content (AvgIpc) is 2.94. The van der Waals surface area contributed by atoms with Gasteiger partial charge < -0.3 is 19.1 Å². The number of alkyl halides is 3. The molecule has 0 radical (unpaired) electrons. The Morgan fingerprint density at radius 2 is 1.76 bits per heavy atom. The van der Waals surface area contributed by atoms with Gasteiger partial charge in [-0.25, -0.2) is 9.97 Å². The van der Waals surface area contributed by atoms with Gasteiger partial charge in [-0.05, 0) is 42.0 Å². The van der Waals surface area contributed by atoms with Gasteiger partial charge in [-0.2, -0.15) is 18.4 Å². The van der Waals surface area contributed by atoms with Gasteiger partial charge in [0.05, 0.1) is 43.2 Å². The summed E-state index contributed by atoms with van der Waals surface area (Å²) in [5.74, 6) is 0.897. The van der Waals surface area contributed by atoms with Crippen molar-refractivity contribution >= 4 is 5.69 Å². The highest BCUT2D eigenvalue weighted by Crippen LogP contribution is 2.38. The highest BCUT2D eigenvalue weighted by Gasteiger charge is 2.35. The van der Waals surface area contributed by atoms with Crippen LogP contribution >= 0.6 is 0 Å². The van der Waals surface area contributed by atoms with E-state index >= 15 is 0 Å². The number of aromatic nitrogens is 2. The second kappa shape index (κ2) is 11.4. The van der Waals surface area contributed by atoms with Crippen molar-refractivity contribution < 1.29 is 27.4 Å². The van der Waals surface area contributed by atoms with Crippen LogP contribution in [0.4, 0.5) is 18.9 Å². The minimum atomic E-state index is -4.49. The summed E-state index contributed by atoms with van der Waals surface area (Å²) in [7, 11) is 0. The normalized spacial score (nSPS) is 16.7. The Morgan fingerprint density at radius 1 is 1.00 bits per heavy atom. The standard InChI is InChI=1S/C28H27F3N4O3/c29-28(30,31)23-15-19(1-3-25(23)35-9-13-37-14-10-35)16-27-33-8-5-24(34-27)20-2-4-26(21(17-20)18-32)38-22-6-11-36-12-7-22/h1-5,8,15,17,22H,6-7,9-14,16H2. The lowest BCUT2D eigenvalue weighted by atomic mass is 10.0. The van der Waals surface area contributed by atoms with Crippen molar-refractivity contribution in [3.8, 4) is 23.1 Å². The molecule has 0 unspecified atom stereocenters. The number of nitrogens with zero attached hydrogens (tertiary/aromatic N) is 4. The molecule has 198 valence electrons. The first kappa shape index (κ1) is 25.9. The number of morpholine rings is 1.